The van der Waals surface area contributed by atoms with Crippen LogP contribution in [0, 0.1) is 11.6 Å². The molecule has 0 fully saturated rings. The van der Waals surface area contributed by atoms with Gasteiger partial charge in [-0.05, 0) is 24.5 Å². The van der Waals surface area contributed by atoms with Gasteiger partial charge in [0.25, 0.3) is 0 Å². The Kier molecular flexibility index (Phi) is 4.08. The Morgan fingerprint density at radius 3 is 2.24 bits per heavy atom. The van der Waals surface area contributed by atoms with Crippen molar-refractivity contribution in [2.75, 3.05) is 0 Å². The highest BCUT2D eigenvalue weighted by Crippen LogP contribution is 2.33. The lowest BCUT2D eigenvalue weighted by Crippen LogP contribution is -2.22. The van der Waals surface area contributed by atoms with Gasteiger partial charge in [0.15, 0.2) is 11.6 Å². The van der Waals surface area contributed by atoms with E-state index in [4.69, 9.17) is 5.73 Å². The lowest BCUT2D eigenvalue weighted by atomic mass is 10.0. The van der Waals surface area contributed by atoms with Crippen LogP contribution in [0.3, 0.4) is 0 Å². The molecule has 0 spiro atoms. The molecule has 0 amide bonds. The molecule has 0 saturated heterocycles. The average molecular weight is 253 g/mol. The third-order valence-corrected chi connectivity index (χ3v) is 2.47. The van der Waals surface area contributed by atoms with Crippen LogP contribution in [0.5, 0.6) is 0 Å². The summed E-state index contributed by atoms with van der Waals surface area (Å²) < 4.78 is 63.3. The molecule has 0 aromatic heterocycles. The van der Waals surface area contributed by atoms with Crippen LogP contribution in [-0.2, 0) is 12.6 Å². The number of benzene rings is 1. The van der Waals surface area contributed by atoms with Crippen molar-refractivity contribution in [1.29, 1.82) is 0 Å². The van der Waals surface area contributed by atoms with Gasteiger partial charge in [-0.2, -0.15) is 13.2 Å². The van der Waals surface area contributed by atoms with Crippen LogP contribution < -0.4 is 5.73 Å². The lowest BCUT2D eigenvalue weighted by Gasteiger charge is -2.13. The van der Waals surface area contributed by atoms with E-state index in [0.29, 0.717) is 12.5 Å². The monoisotopic (exact) mass is 253 g/mol. The molecule has 0 aliphatic rings. The van der Waals surface area contributed by atoms with Gasteiger partial charge < -0.3 is 5.73 Å². The number of nitrogens with two attached hydrogens (primary N) is 1. The van der Waals surface area contributed by atoms with Gasteiger partial charge in [0.1, 0.15) is 0 Å². The third-order valence-electron chi connectivity index (χ3n) is 2.47. The van der Waals surface area contributed by atoms with E-state index in [-0.39, 0.29) is 12.0 Å². The minimum atomic E-state index is -4.89. The van der Waals surface area contributed by atoms with E-state index in [0.717, 1.165) is 6.07 Å². The highest BCUT2D eigenvalue weighted by Gasteiger charge is 2.35. The predicted molar refractivity (Wildman–Crippen MR) is 53.3 cm³/mol. The highest BCUT2D eigenvalue weighted by molar-refractivity contribution is 5.28. The molecule has 1 atom stereocenters. The Morgan fingerprint density at radius 2 is 1.76 bits per heavy atom. The maximum atomic E-state index is 13.4. The first kappa shape index (κ1) is 13.9. The molecule has 0 aliphatic heterocycles. The minimum Gasteiger partial charge on any atom is -0.327 e. The summed E-state index contributed by atoms with van der Waals surface area (Å²) in [7, 11) is 0. The second kappa shape index (κ2) is 5.00. The zero-order chi connectivity index (χ0) is 13.2. The molecular weight excluding hydrogens is 241 g/mol. The van der Waals surface area contributed by atoms with Gasteiger partial charge in [0, 0.05) is 6.04 Å². The Bertz CT molecular complexity index is 400. The van der Waals surface area contributed by atoms with Crippen molar-refractivity contribution in [3.8, 4) is 0 Å². The summed E-state index contributed by atoms with van der Waals surface area (Å²) in [5.41, 5.74) is 3.81. The quantitative estimate of drug-likeness (QED) is 0.822. The lowest BCUT2D eigenvalue weighted by molar-refractivity contribution is -0.140. The Hall–Kier alpha value is -1.17. The van der Waals surface area contributed by atoms with E-state index in [1.54, 1.807) is 6.92 Å². The standard InChI is InChI=1S/C11H12F5N/c1-2-7(17)5-6-3-4-8(11(14,15)16)10(13)9(6)12/h3-4,7H,2,5,17H2,1H3. The van der Waals surface area contributed by atoms with Gasteiger partial charge in [-0.25, -0.2) is 8.78 Å². The molecule has 17 heavy (non-hydrogen) atoms. The van der Waals surface area contributed by atoms with E-state index in [1.807, 2.05) is 0 Å². The van der Waals surface area contributed by atoms with Gasteiger partial charge in [0.05, 0.1) is 5.56 Å². The summed E-state index contributed by atoms with van der Waals surface area (Å²) in [4.78, 5) is 0. The number of hydrogen-bond donors (Lipinski definition) is 1. The summed E-state index contributed by atoms with van der Waals surface area (Å²) in [6.45, 7) is 1.75. The molecule has 0 bridgehead atoms. The Balaban J connectivity index is 3.11. The Labute approximate surface area is 95.4 Å². The van der Waals surface area contributed by atoms with E-state index in [9.17, 15) is 22.0 Å². The largest absolute Gasteiger partial charge is 0.419 e. The van der Waals surface area contributed by atoms with E-state index >= 15 is 0 Å². The average Bonchev–Trinajstić information content (AvgIpc) is 2.22. The number of alkyl halides is 3. The van der Waals surface area contributed by atoms with Gasteiger partial charge in [-0.3, -0.25) is 0 Å². The molecule has 1 aromatic rings. The first-order valence-electron chi connectivity index (χ1n) is 5.07. The van der Waals surface area contributed by atoms with Crippen molar-refractivity contribution < 1.29 is 22.0 Å². The van der Waals surface area contributed by atoms with E-state index < -0.39 is 29.4 Å². The summed E-state index contributed by atoms with van der Waals surface area (Å²) in [6.07, 6.45) is -4.35. The fourth-order valence-corrected chi connectivity index (χ4v) is 1.39. The highest BCUT2D eigenvalue weighted by atomic mass is 19.4. The molecule has 1 nitrogen and oxygen atoms in total. The molecule has 1 aromatic carbocycles. The molecule has 6 heteroatoms. The predicted octanol–water partition coefficient (Wildman–Crippen LogP) is 3.26. The first-order chi connectivity index (χ1) is 7.77. The van der Waals surface area contributed by atoms with Gasteiger partial charge in [0.2, 0.25) is 0 Å². The van der Waals surface area contributed by atoms with E-state index in [2.05, 4.69) is 0 Å². The van der Waals surface area contributed by atoms with Crippen molar-refractivity contribution in [1.82, 2.24) is 0 Å². The molecule has 2 N–H and O–H groups in total. The maximum absolute atomic E-state index is 13.4. The van der Waals surface area contributed by atoms with Crippen LogP contribution in [0.2, 0.25) is 0 Å². The van der Waals surface area contributed by atoms with Crippen LogP contribution in [0.1, 0.15) is 24.5 Å². The molecule has 1 unspecified atom stereocenters. The van der Waals surface area contributed by atoms with Crippen molar-refractivity contribution >= 4 is 0 Å². The smallest absolute Gasteiger partial charge is 0.327 e. The molecule has 0 heterocycles. The maximum Gasteiger partial charge on any atom is 0.419 e. The summed E-state index contributed by atoms with van der Waals surface area (Å²) >= 11 is 0. The van der Waals surface area contributed by atoms with Crippen molar-refractivity contribution in [3.05, 3.63) is 34.9 Å². The van der Waals surface area contributed by atoms with Crippen LogP contribution >= 0.6 is 0 Å². The number of halogens is 5. The van der Waals surface area contributed by atoms with Gasteiger partial charge >= 0.3 is 6.18 Å². The van der Waals surface area contributed by atoms with Crippen LogP contribution in [-0.4, -0.2) is 6.04 Å². The summed E-state index contributed by atoms with van der Waals surface area (Å²) in [5, 5.41) is 0. The minimum absolute atomic E-state index is 0.0113. The van der Waals surface area contributed by atoms with Crippen molar-refractivity contribution in [2.45, 2.75) is 32.0 Å². The number of rotatable bonds is 3. The first-order valence-corrected chi connectivity index (χ1v) is 5.07. The molecule has 1 rings (SSSR count). The molecule has 96 valence electrons. The Morgan fingerprint density at radius 1 is 1.18 bits per heavy atom. The van der Waals surface area contributed by atoms with E-state index in [1.165, 1.54) is 0 Å². The third kappa shape index (κ3) is 3.15. The SMILES string of the molecule is CCC(N)Cc1ccc(C(F)(F)F)c(F)c1F. The number of hydrogen-bond acceptors (Lipinski definition) is 1. The molecular formula is C11H12F5N. The van der Waals surface area contributed by atoms with Crippen LogP contribution in [0.15, 0.2) is 12.1 Å². The normalized spacial score (nSPS) is 13.8. The van der Waals surface area contributed by atoms with Gasteiger partial charge in [-0.15, -0.1) is 0 Å². The second-order valence-electron chi connectivity index (χ2n) is 3.77. The second-order valence-corrected chi connectivity index (χ2v) is 3.77. The fourth-order valence-electron chi connectivity index (χ4n) is 1.39. The van der Waals surface area contributed by atoms with Crippen LogP contribution in [0.25, 0.3) is 0 Å². The summed E-state index contributed by atoms with van der Waals surface area (Å²) in [5.74, 6) is -3.33. The fraction of sp³-hybridized carbons (Fsp3) is 0.455. The zero-order valence-corrected chi connectivity index (χ0v) is 9.11. The topological polar surface area (TPSA) is 26.0 Å². The summed E-state index contributed by atoms with van der Waals surface area (Å²) in [6, 6.07) is 1.06. The molecule has 0 radical (unpaired) electrons. The van der Waals surface area contributed by atoms with Crippen molar-refractivity contribution in [2.24, 2.45) is 5.73 Å². The molecule has 0 saturated carbocycles. The van der Waals surface area contributed by atoms with Crippen LogP contribution in [0.4, 0.5) is 22.0 Å². The molecule has 0 aliphatic carbocycles. The van der Waals surface area contributed by atoms with Crippen molar-refractivity contribution in [3.63, 3.8) is 0 Å². The zero-order valence-electron chi connectivity index (χ0n) is 9.11. The van der Waals surface area contributed by atoms with Gasteiger partial charge in [-0.1, -0.05) is 13.0 Å².